The van der Waals surface area contributed by atoms with Crippen molar-refractivity contribution in [3.05, 3.63) is 59.5 Å². The zero-order valence-corrected chi connectivity index (χ0v) is 18.7. The predicted octanol–water partition coefficient (Wildman–Crippen LogP) is 5.29. The molecule has 3 heterocycles. The topological polar surface area (TPSA) is 89.0 Å². The van der Waals surface area contributed by atoms with Crippen molar-refractivity contribution in [1.29, 1.82) is 0 Å². The lowest BCUT2D eigenvalue weighted by molar-refractivity contribution is 0.103. The third-order valence-electron chi connectivity index (χ3n) is 4.34. The number of para-hydroxylation sites is 1. The molecule has 0 fully saturated rings. The highest BCUT2D eigenvalue weighted by molar-refractivity contribution is 7.90. The molecular weight excluding hydrogens is 459 g/mol. The summed E-state index contributed by atoms with van der Waals surface area (Å²) in [6, 6.07) is 16.4. The van der Waals surface area contributed by atoms with Gasteiger partial charge in [0, 0.05) is 6.26 Å². The molecule has 6 nitrogen and oxygen atoms in total. The lowest BCUT2D eigenvalue weighted by Crippen LogP contribution is -2.09. The van der Waals surface area contributed by atoms with E-state index in [1.807, 2.05) is 30.3 Å². The Balaban J connectivity index is 1.39. The summed E-state index contributed by atoms with van der Waals surface area (Å²) in [5, 5.41) is 4.12. The highest BCUT2D eigenvalue weighted by Crippen LogP contribution is 2.35. The van der Waals surface area contributed by atoms with Gasteiger partial charge < -0.3 is 0 Å². The number of sulfone groups is 1. The van der Waals surface area contributed by atoms with Crippen LogP contribution in [0.3, 0.4) is 0 Å². The van der Waals surface area contributed by atoms with Crippen LogP contribution in [-0.4, -0.2) is 30.5 Å². The van der Waals surface area contributed by atoms with E-state index in [0.29, 0.717) is 20.2 Å². The highest BCUT2D eigenvalue weighted by atomic mass is 32.2. The van der Waals surface area contributed by atoms with Crippen LogP contribution < -0.4 is 5.32 Å². The number of anilines is 1. The van der Waals surface area contributed by atoms with Crippen molar-refractivity contribution >= 4 is 75.3 Å². The first kappa shape index (κ1) is 19.3. The number of rotatable bonds is 4. The lowest BCUT2D eigenvalue weighted by atomic mass is 10.3. The van der Waals surface area contributed by atoms with Crippen LogP contribution in [0, 0.1) is 0 Å². The third-order valence-corrected chi connectivity index (χ3v) is 8.68. The van der Waals surface area contributed by atoms with Crippen LogP contribution in [0.2, 0.25) is 0 Å². The first-order chi connectivity index (χ1) is 14.4. The van der Waals surface area contributed by atoms with Gasteiger partial charge in [0.15, 0.2) is 15.0 Å². The summed E-state index contributed by atoms with van der Waals surface area (Å²) in [7, 11) is -3.30. The molecule has 5 rings (SSSR count). The molecule has 10 heteroatoms. The van der Waals surface area contributed by atoms with Crippen molar-refractivity contribution in [2.24, 2.45) is 0 Å². The van der Waals surface area contributed by atoms with E-state index < -0.39 is 9.84 Å². The number of hydrogen-bond donors (Lipinski definition) is 1. The number of aromatic nitrogens is 2. The fraction of sp³-hybridized carbons (Fsp3) is 0.0500. The van der Waals surface area contributed by atoms with Gasteiger partial charge in [0.2, 0.25) is 0 Å². The first-order valence-corrected chi connectivity index (χ1v) is 13.1. The van der Waals surface area contributed by atoms with Crippen LogP contribution in [-0.2, 0) is 9.84 Å². The number of carbonyl (C=O) groups excluding carboxylic acids is 1. The minimum Gasteiger partial charge on any atom is -0.297 e. The molecule has 5 aromatic rings. The highest BCUT2D eigenvalue weighted by Gasteiger charge is 2.16. The smallest absolute Gasteiger partial charge is 0.267 e. The molecule has 0 spiro atoms. The molecule has 0 saturated heterocycles. The van der Waals surface area contributed by atoms with Crippen LogP contribution in [0.1, 0.15) is 9.67 Å². The Hall–Kier alpha value is -2.66. The third kappa shape index (κ3) is 3.63. The zero-order valence-electron chi connectivity index (χ0n) is 15.4. The summed E-state index contributed by atoms with van der Waals surface area (Å²) in [6.07, 6.45) is 1.16. The SMILES string of the molecule is CS(=O)(=O)c1ccc2nc(NC(=O)c3ccc(-c4nc5ccccc5s4)s3)sc2c1. The molecule has 150 valence electrons. The molecule has 0 aliphatic carbocycles. The summed E-state index contributed by atoms with van der Waals surface area (Å²) in [6.45, 7) is 0. The molecule has 0 saturated carbocycles. The van der Waals surface area contributed by atoms with E-state index in [9.17, 15) is 13.2 Å². The lowest BCUT2D eigenvalue weighted by Gasteiger charge is -1.97. The van der Waals surface area contributed by atoms with E-state index in [4.69, 9.17) is 0 Å². The molecule has 0 unspecified atom stereocenters. The molecule has 0 aliphatic rings. The average Bonchev–Trinajstić information content (AvgIpc) is 3.43. The molecule has 1 N–H and O–H groups in total. The maximum Gasteiger partial charge on any atom is 0.267 e. The van der Waals surface area contributed by atoms with Gasteiger partial charge in [0.1, 0.15) is 5.01 Å². The summed E-state index contributed by atoms with van der Waals surface area (Å²) in [5.74, 6) is -0.255. The summed E-state index contributed by atoms with van der Waals surface area (Å²) in [4.78, 5) is 23.4. The second-order valence-electron chi connectivity index (χ2n) is 6.53. The van der Waals surface area contributed by atoms with Crippen molar-refractivity contribution < 1.29 is 13.2 Å². The van der Waals surface area contributed by atoms with Crippen molar-refractivity contribution in [2.75, 3.05) is 11.6 Å². The van der Waals surface area contributed by atoms with Crippen molar-refractivity contribution in [3.63, 3.8) is 0 Å². The van der Waals surface area contributed by atoms with Gasteiger partial charge in [0.25, 0.3) is 5.91 Å². The number of carbonyl (C=O) groups is 1. The van der Waals surface area contributed by atoms with Gasteiger partial charge in [-0.25, -0.2) is 18.4 Å². The fourth-order valence-electron chi connectivity index (χ4n) is 2.90. The van der Waals surface area contributed by atoms with Crippen molar-refractivity contribution in [1.82, 2.24) is 9.97 Å². The van der Waals surface area contributed by atoms with Crippen molar-refractivity contribution in [3.8, 4) is 9.88 Å². The number of thiophene rings is 1. The number of hydrogen-bond acceptors (Lipinski definition) is 8. The zero-order chi connectivity index (χ0) is 20.9. The number of thiazole rings is 2. The maximum atomic E-state index is 12.7. The van der Waals surface area contributed by atoms with Gasteiger partial charge in [0.05, 0.1) is 35.1 Å². The van der Waals surface area contributed by atoms with E-state index in [0.717, 1.165) is 26.4 Å². The Labute approximate surface area is 183 Å². The van der Waals surface area contributed by atoms with Gasteiger partial charge in [-0.2, -0.15) is 0 Å². The molecule has 0 aliphatic heterocycles. The Morgan fingerprint density at radius 2 is 1.70 bits per heavy atom. The molecular formula is C20H13N3O3S4. The molecule has 30 heavy (non-hydrogen) atoms. The molecule has 3 aromatic heterocycles. The van der Waals surface area contributed by atoms with Crippen LogP contribution in [0.25, 0.3) is 30.3 Å². The Kier molecular flexibility index (Phi) is 4.66. The average molecular weight is 472 g/mol. The number of benzene rings is 2. The van der Waals surface area contributed by atoms with Crippen LogP contribution >= 0.6 is 34.0 Å². The second-order valence-corrected chi connectivity index (χ2v) is 11.7. The van der Waals surface area contributed by atoms with Crippen LogP contribution in [0.15, 0.2) is 59.5 Å². The Morgan fingerprint density at radius 3 is 2.50 bits per heavy atom. The van der Waals surface area contributed by atoms with Gasteiger partial charge in [-0.05, 0) is 42.5 Å². The maximum absolute atomic E-state index is 12.7. The Morgan fingerprint density at radius 1 is 0.900 bits per heavy atom. The van der Waals surface area contributed by atoms with Gasteiger partial charge in [-0.3, -0.25) is 10.1 Å². The van der Waals surface area contributed by atoms with Crippen LogP contribution in [0.5, 0.6) is 0 Å². The van der Waals surface area contributed by atoms with Crippen LogP contribution in [0.4, 0.5) is 5.13 Å². The largest absolute Gasteiger partial charge is 0.297 e. The molecule has 2 aromatic carbocycles. The number of nitrogens with one attached hydrogen (secondary N) is 1. The monoisotopic (exact) mass is 471 g/mol. The van der Waals surface area contributed by atoms with Gasteiger partial charge >= 0.3 is 0 Å². The standard InChI is InChI=1S/C20H13N3O3S4/c1-30(25,26)11-6-7-13-17(10-11)29-20(22-13)23-18(24)15-8-9-16(27-15)19-21-12-4-2-3-5-14(12)28-19/h2-10H,1H3,(H,22,23,24). The second kappa shape index (κ2) is 7.24. The molecule has 1 amide bonds. The summed E-state index contributed by atoms with van der Waals surface area (Å²) in [5.41, 5.74) is 1.59. The number of amides is 1. The molecule has 0 atom stereocenters. The van der Waals surface area contributed by atoms with E-state index in [-0.39, 0.29) is 10.8 Å². The quantitative estimate of drug-likeness (QED) is 0.385. The minimum absolute atomic E-state index is 0.232. The van der Waals surface area contributed by atoms with E-state index in [1.165, 1.54) is 28.7 Å². The van der Waals surface area contributed by atoms with E-state index in [2.05, 4.69) is 15.3 Å². The number of nitrogens with zero attached hydrogens (tertiary/aromatic N) is 2. The molecule has 0 radical (unpaired) electrons. The number of fused-ring (bicyclic) bond motifs is 2. The predicted molar refractivity (Wildman–Crippen MR) is 124 cm³/mol. The fourth-order valence-corrected chi connectivity index (χ4v) is 6.44. The van der Waals surface area contributed by atoms with E-state index >= 15 is 0 Å². The first-order valence-electron chi connectivity index (χ1n) is 8.75. The van der Waals surface area contributed by atoms with Gasteiger partial charge in [-0.1, -0.05) is 23.5 Å². The normalized spacial score (nSPS) is 11.9. The van der Waals surface area contributed by atoms with Crippen molar-refractivity contribution in [2.45, 2.75) is 4.90 Å². The minimum atomic E-state index is -3.30. The van der Waals surface area contributed by atoms with E-state index in [1.54, 1.807) is 29.5 Å². The van der Waals surface area contributed by atoms with Gasteiger partial charge in [-0.15, -0.1) is 22.7 Å². The summed E-state index contributed by atoms with van der Waals surface area (Å²) >= 11 is 4.21. The summed E-state index contributed by atoms with van der Waals surface area (Å²) < 4.78 is 25.3. The molecule has 0 bridgehead atoms. The Bertz CT molecular complexity index is 1500.